The van der Waals surface area contributed by atoms with E-state index < -0.39 is 4.92 Å². The molecule has 6 heteroatoms. The van der Waals surface area contributed by atoms with Crippen LogP contribution in [-0.4, -0.2) is 23.4 Å². The fourth-order valence-corrected chi connectivity index (χ4v) is 1.55. The average Bonchev–Trinajstić information content (AvgIpc) is 2.49. The van der Waals surface area contributed by atoms with Gasteiger partial charge in [-0.05, 0) is 24.3 Å². The van der Waals surface area contributed by atoms with E-state index in [0.717, 1.165) is 7.11 Å². The van der Waals surface area contributed by atoms with Crippen LogP contribution in [0.3, 0.4) is 0 Å². The van der Waals surface area contributed by atoms with E-state index in [0.29, 0.717) is 23.2 Å². The highest BCUT2D eigenvalue weighted by molar-refractivity contribution is 5.64. The van der Waals surface area contributed by atoms with Crippen molar-refractivity contribution in [3.8, 4) is 0 Å². The zero-order valence-corrected chi connectivity index (χ0v) is 11.8. The first-order chi connectivity index (χ1) is 10.1. The van der Waals surface area contributed by atoms with Gasteiger partial charge in [-0.15, -0.1) is 0 Å². The number of benzene rings is 1. The van der Waals surface area contributed by atoms with Crippen molar-refractivity contribution in [1.82, 2.24) is 0 Å². The summed E-state index contributed by atoms with van der Waals surface area (Å²) in [5.41, 5.74) is 1.66. The number of nitrogens with one attached hydrogen (secondary N) is 1. The largest absolute Gasteiger partial charge is 0.400 e. The van der Waals surface area contributed by atoms with Crippen molar-refractivity contribution in [2.24, 2.45) is 0 Å². The van der Waals surface area contributed by atoms with Crippen LogP contribution in [0.25, 0.3) is 0 Å². The van der Waals surface area contributed by atoms with Crippen molar-refractivity contribution >= 4 is 17.7 Å². The number of carbonyl (C=O) groups is 1. The van der Waals surface area contributed by atoms with Crippen LogP contribution < -0.4 is 5.32 Å². The summed E-state index contributed by atoms with van der Waals surface area (Å²) in [5, 5.41) is 20.8. The number of aliphatic hydroxyl groups excluding tert-OH is 1. The molecule has 0 bridgehead atoms. The molecule has 0 aromatic heterocycles. The molecule has 2 N–H and O–H groups in total. The third kappa shape index (κ3) is 5.84. The Morgan fingerprint density at radius 2 is 2.10 bits per heavy atom. The van der Waals surface area contributed by atoms with Crippen molar-refractivity contribution in [3.05, 3.63) is 71.0 Å². The summed E-state index contributed by atoms with van der Waals surface area (Å²) in [4.78, 5) is 20.9. The van der Waals surface area contributed by atoms with Gasteiger partial charge in [0.2, 0.25) is 0 Å². The van der Waals surface area contributed by atoms with Crippen LogP contribution >= 0.6 is 0 Å². The predicted molar refractivity (Wildman–Crippen MR) is 83.1 cm³/mol. The maximum atomic E-state index is 10.8. The van der Waals surface area contributed by atoms with Crippen molar-refractivity contribution < 1.29 is 14.8 Å². The fourth-order valence-electron chi connectivity index (χ4n) is 1.55. The lowest BCUT2D eigenvalue weighted by molar-refractivity contribution is -0.385. The van der Waals surface area contributed by atoms with E-state index >= 15 is 0 Å². The number of hydrogen-bond acceptors (Lipinski definition) is 5. The molecule has 0 radical (unpaired) electrons. The number of nitrogens with zero attached hydrogens (tertiary/aromatic N) is 1. The Bertz CT molecular complexity index is 551. The zero-order valence-electron chi connectivity index (χ0n) is 11.8. The lowest BCUT2D eigenvalue weighted by atomic mass is 10.1. The van der Waals surface area contributed by atoms with E-state index in [4.69, 9.17) is 5.11 Å². The predicted octanol–water partition coefficient (Wildman–Crippen LogP) is 2.61. The van der Waals surface area contributed by atoms with Crippen LogP contribution in [0.15, 0.2) is 55.3 Å². The molecule has 0 atom stereocenters. The van der Waals surface area contributed by atoms with Gasteiger partial charge in [0, 0.05) is 36.5 Å². The highest BCUT2D eigenvalue weighted by Crippen LogP contribution is 2.23. The van der Waals surface area contributed by atoms with Gasteiger partial charge in [-0.3, -0.25) is 10.1 Å². The molecular formula is C15H18N2O4. The van der Waals surface area contributed by atoms with Crippen LogP contribution in [-0.2, 0) is 11.2 Å². The van der Waals surface area contributed by atoms with E-state index in [-0.39, 0.29) is 12.1 Å². The first-order valence-corrected chi connectivity index (χ1v) is 6.00. The summed E-state index contributed by atoms with van der Waals surface area (Å²) < 4.78 is 0. The van der Waals surface area contributed by atoms with Crippen molar-refractivity contribution in [1.29, 1.82) is 0 Å². The summed E-state index contributed by atoms with van der Waals surface area (Å²) in [6, 6.07) is 4.52. The summed E-state index contributed by atoms with van der Waals surface area (Å²) in [5.74, 6) is 0. The van der Waals surface area contributed by atoms with Gasteiger partial charge in [0.25, 0.3) is 5.69 Å². The van der Waals surface area contributed by atoms with Crippen LogP contribution in [0.2, 0.25) is 0 Å². The molecule has 6 nitrogen and oxygen atoms in total. The third-order valence-corrected chi connectivity index (χ3v) is 2.39. The zero-order chi connectivity index (χ0) is 16.3. The minimum Gasteiger partial charge on any atom is -0.400 e. The van der Waals surface area contributed by atoms with Crippen molar-refractivity contribution in [2.75, 3.05) is 12.4 Å². The first-order valence-electron chi connectivity index (χ1n) is 6.00. The maximum absolute atomic E-state index is 10.8. The number of nitro benzene ring substituents is 1. The van der Waals surface area contributed by atoms with E-state index in [2.05, 4.69) is 18.5 Å². The molecule has 0 aliphatic carbocycles. The quantitative estimate of drug-likeness (QED) is 0.348. The number of nitro groups is 1. The molecule has 0 fully saturated rings. The van der Waals surface area contributed by atoms with Crippen molar-refractivity contribution in [2.45, 2.75) is 6.42 Å². The maximum Gasteiger partial charge on any atom is 0.273 e. The van der Waals surface area contributed by atoms with Gasteiger partial charge in [0.15, 0.2) is 0 Å². The van der Waals surface area contributed by atoms with Gasteiger partial charge in [0.1, 0.15) is 6.29 Å². The molecule has 0 saturated carbocycles. The van der Waals surface area contributed by atoms with Gasteiger partial charge in [0.05, 0.1) is 4.92 Å². The number of allylic oxidation sites excluding steroid dienone is 3. The van der Waals surface area contributed by atoms with Gasteiger partial charge in [-0.2, -0.15) is 0 Å². The van der Waals surface area contributed by atoms with Crippen LogP contribution in [0.5, 0.6) is 0 Å². The van der Waals surface area contributed by atoms with Crippen LogP contribution in [0.1, 0.15) is 5.56 Å². The van der Waals surface area contributed by atoms with E-state index in [1.807, 2.05) is 0 Å². The molecule has 0 spiro atoms. The van der Waals surface area contributed by atoms with Gasteiger partial charge in [-0.25, -0.2) is 0 Å². The highest BCUT2D eigenvalue weighted by atomic mass is 16.6. The number of aliphatic hydroxyl groups is 1. The van der Waals surface area contributed by atoms with Crippen molar-refractivity contribution in [3.63, 3.8) is 0 Å². The van der Waals surface area contributed by atoms with E-state index in [1.165, 1.54) is 6.07 Å². The summed E-state index contributed by atoms with van der Waals surface area (Å²) in [7, 11) is 1.00. The number of anilines is 1. The molecule has 0 heterocycles. The molecule has 112 valence electrons. The second-order valence-corrected chi connectivity index (χ2v) is 3.66. The SMILES string of the molecule is C=C/C=C(\C=C)Nc1ccc([N+](=O)[O-])c(CC=O)c1.CO. The topological polar surface area (TPSA) is 92.5 Å². The van der Waals surface area contributed by atoms with Crippen LogP contribution in [0.4, 0.5) is 11.4 Å². The molecule has 1 aromatic carbocycles. The van der Waals surface area contributed by atoms with Gasteiger partial charge < -0.3 is 15.2 Å². The van der Waals surface area contributed by atoms with Gasteiger partial charge >= 0.3 is 0 Å². The first kappa shape index (κ1) is 18.3. The molecule has 0 saturated heterocycles. The Labute approximate surface area is 123 Å². The Morgan fingerprint density at radius 3 is 2.57 bits per heavy atom. The summed E-state index contributed by atoms with van der Waals surface area (Å²) in [6.07, 6.45) is 5.55. The molecule has 0 unspecified atom stereocenters. The third-order valence-electron chi connectivity index (χ3n) is 2.39. The normalized spacial score (nSPS) is 9.90. The minimum absolute atomic E-state index is 0.000425. The molecule has 0 aliphatic heterocycles. The second-order valence-electron chi connectivity index (χ2n) is 3.66. The van der Waals surface area contributed by atoms with E-state index in [9.17, 15) is 14.9 Å². The number of carbonyl (C=O) groups excluding carboxylic acids is 1. The summed E-state index contributed by atoms with van der Waals surface area (Å²) in [6.45, 7) is 7.21. The van der Waals surface area contributed by atoms with E-state index in [1.54, 1.807) is 30.4 Å². The second kappa shape index (κ2) is 10.1. The number of hydrogen-bond donors (Lipinski definition) is 2. The molecule has 1 aromatic rings. The average molecular weight is 290 g/mol. The Balaban J connectivity index is 0.00000191. The van der Waals surface area contributed by atoms with Crippen LogP contribution in [0, 0.1) is 10.1 Å². The highest BCUT2D eigenvalue weighted by Gasteiger charge is 2.13. The molecule has 1 rings (SSSR count). The smallest absolute Gasteiger partial charge is 0.273 e. The van der Waals surface area contributed by atoms with Gasteiger partial charge in [-0.1, -0.05) is 19.2 Å². The monoisotopic (exact) mass is 290 g/mol. The molecule has 0 aliphatic rings. The Morgan fingerprint density at radius 1 is 1.43 bits per heavy atom. The molecular weight excluding hydrogens is 272 g/mol. The molecule has 21 heavy (non-hydrogen) atoms. The molecule has 0 amide bonds. The standard InChI is InChI=1S/C14H14N2O3.CH4O/c1-3-5-12(4-2)15-13-6-7-14(16(18)19)11(10-13)8-9-17;1-2/h3-7,9-10,15H,1-2,8H2;2H,1H3/b12-5+;. The number of rotatable bonds is 7. The lowest BCUT2D eigenvalue weighted by Crippen LogP contribution is -2.00. The number of aldehydes is 1. The fraction of sp³-hybridized carbons (Fsp3) is 0.133. The Kier molecular flexibility index (Phi) is 8.79. The Hall–Kier alpha value is -2.73. The lowest BCUT2D eigenvalue weighted by Gasteiger charge is -2.08. The summed E-state index contributed by atoms with van der Waals surface area (Å²) >= 11 is 0. The minimum atomic E-state index is -0.503.